The molecule has 2 aliphatic rings. The topological polar surface area (TPSA) is 75.1 Å². The van der Waals surface area contributed by atoms with Crippen LogP contribution in [-0.4, -0.2) is 33.8 Å². The van der Waals surface area contributed by atoms with Gasteiger partial charge in [0.25, 0.3) is 0 Å². The minimum Gasteiger partial charge on any atom is -0.384 e. The van der Waals surface area contributed by atoms with Gasteiger partial charge in [0.1, 0.15) is 5.84 Å². The van der Waals surface area contributed by atoms with E-state index < -0.39 is 0 Å². The van der Waals surface area contributed by atoms with Crippen molar-refractivity contribution in [3.8, 4) is 0 Å². The van der Waals surface area contributed by atoms with Gasteiger partial charge in [-0.1, -0.05) is 55.3 Å². The average molecular weight is 471 g/mol. The van der Waals surface area contributed by atoms with Gasteiger partial charge in [0.2, 0.25) is 5.91 Å². The van der Waals surface area contributed by atoms with E-state index in [-0.39, 0.29) is 11.8 Å². The van der Waals surface area contributed by atoms with Crippen LogP contribution in [0.25, 0.3) is 10.9 Å². The van der Waals surface area contributed by atoms with Gasteiger partial charge in [0.15, 0.2) is 0 Å². The third-order valence-electron chi connectivity index (χ3n) is 8.31. The molecule has 0 bridgehead atoms. The molecule has 2 unspecified atom stereocenters. The molecule has 1 saturated carbocycles. The highest BCUT2D eigenvalue weighted by atomic mass is 16.2. The zero-order chi connectivity index (χ0) is 24.4. The number of fused-ring (bicyclic) bond motifs is 1. The van der Waals surface area contributed by atoms with Crippen molar-refractivity contribution in [3.05, 3.63) is 71.4 Å². The number of hydrogen-bond donors (Lipinski definition) is 2. The molecule has 1 aromatic heterocycles. The molecule has 35 heavy (non-hydrogen) atoms. The minimum atomic E-state index is 0.00592. The summed E-state index contributed by atoms with van der Waals surface area (Å²) in [5, 5.41) is 8.98. The van der Waals surface area contributed by atoms with E-state index in [1.54, 1.807) is 0 Å². The monoisotopic (exact) mass is 470 g/mol. The molecule has 0 spiro atoms. The van der Waals surface area contributed by atoms with Gasteiger partial charge in [-0.05, 0) is 74.4 Å². The van der Waals surface area contributed by atoms with Crippen LogP contribution in [0, 0.1) is 11.3 Å². The van der Waals surface area contributed by atoms with Crippen molar-refractivity contribution in [2.75, 3.05) is 6.54 Å². The smallest absolute Gasteiger partial charge is 0.230 e. The highest BCUT2D eigenvalue weighted by molar-refractivity contribution is 5.98. The summed E-state index contributed by atoms with van der Waals surface area (Å²) < 4.78 is 2.34. The number of nitrogens with two attached hydrogens (primary N) is 1. The van der Waals surface area contributed by atoms with Gasteiger partial charge in [-0.3, -0.25) is 10.2 Å². The van der Waals surface area contributed by atoms with E-state index in [1.165, 1.54) is 42.3 Å². The van der Waals surface area contributed by atoms with Crippen molar-refractivity contribution in [1.82, 2.24) is 9.47 Å². The largest absolute Gasteiger partial charge is 0.384 e. The molecule has 3 N–H and O–H groups in total. The van der Waals surface area contributed by atoms with Crippen molar-refractivity contribution < 1.29 is 4.79 Å². The van der Waals surface area contributed by atoms with Crippen LogP contribution in [0.5, 0.6) is 0 Å². The molecule has 5 heteroatoms. The molecular weight excluding hydrogens is 432 g/mol. The molecule has 2 fully saturated rings. The van der Waals surface area contributed by atoms with E-state index in [4.69, 9.17) is 11.1 Å². The lowest BCUT2D eigenvalue weighted by Crippen LogP contribution is -2.41. The second kappa shape index (κ2) is 10.3. The number of aromatic nitrogens is 1. The van der Waals surface area contributed by atoms with Crippen LogP contribution < -0.4 is 5.73 Å². The summed E-state index contributed by atoms with van der Waals surface area (Å²) in [6.45, 7) is 3.93. The standard InChI is InChI=1S/C30H38N4O/c1-2-33-26(19-23-14-15-24(29(31)32)20-27(23)33)17-16-25-13-8-18-34(25)30(35)28(22-11-6-7-12-22)21-9-4-3-5-10-21/h3-5,9-10,14-15,19-20,22,25,28H,2,6-8,11-13,16-18H2,1H3,(H3,31,32). The maximum absolute atomic E-state index is 14.0. The van der Waals surface area contributed by atoms with Crippen LogP contribution in [-0.2, 0) is 17.8 Å². The number of nitrogens with one attached hydrogen (secondary N) is 1. The number of likely N-dealkylation sites (tertiary alicyclic amines) is 1. The number of amidine groups is 1. The Morgan fingerprint density at radius 2 is 1.83 bits per heavy atom. The Morgan fingerprint density at radius 3 is 2.54 bits per heavy atom. The molecule has 5 rings (SSSR count). The highest BCUT2D eigenvalue weighted by Crippen LogP contribution is 2.40. The van der Waals surface area contributed by atoms with Gasteiger partial charge >= 0.3 is 0 Å². The summed E-state index contributed by atoms with van der Waals surface area (Å²) in [5.74, 6) is 0.941. The summed E-state index contributed by atoms with van der Waals surface area (Å²) in [6, 6.07) is 19.1. The molecule has 1 saturated heterocycles. The summed E-state index contributed by atoms with van der Waals surface area (Å²) in [7, 11) is 0. The van der Waals surface area contributed by atoms with E-state index in [9.17, 15) is 4.79 Å². The average Bonchev–Trinajstić information content (AvgIpc) is 3.62. The molecule has 0 radical (unpaired) electrons. The fraction of sp³-hybridized carbons (Fsp3) is 0.467. The van der Waals surface area contributed by atoms with Crippen LogP contribution in [0.1, 0.15) is 74.6 Å². The van der Waals surface area contributed by atoms with Crippen LogP contribution in [0.3, 0.4) is 0 Å². The van der Waals surface area contributed by atoms with Gasteiger partial charge in [-0.15, -0.1) is 0 Å². The zero-order valence-corrected chi connectivity index (χ0v) is 20.9. The van der Waals surface area contributed by atoms with Gasteiger partial charge < -0.3 is 15.2 Å². The highest BCUT2D eigenvalue weighted by Gasteiger charge is 2.38. The summed E-state index contributed by atoms with van der Waals surface area (Å²) in [6.07, 6.45) is 8.97. The molecule has 1 amide bonds. The predicted octanol–water partition coefficient (Wildman–Crippen LogP) is 5.84. The van der Waals surface area contributed by atoms with E-state index in [2.05, 4.69) is 52.8 Å². The number of amides is 1. The quantitative estimate of drug-likeness (QED) is 0.320. The Morgan fingerprint density at radius 1 is 1.06 bits per heavy atom. The Hall–Kier alpha value is -3.08. The van der Waals surface area contributed by atoms with Crippen molar-refractivity contribution in [3.63, 3.8) is 0 Å². The van der Waals surface area contributed by atoms with Gasteiger partial charge in [-0.2, -0.15) is 0 Å². The van der Waals surface area contributed by atoms with Crippen LogP contribution in [0.15, 0.2) is 54.6 Å². The predicted molar refractivity (Wildman–Crippen MR) is 143 cm³/mol. The fourth-order valence-electron chi connectivity index (χ4n) is 6.55. The van der Waals surface area contributed by atoms with Gasteiger partial charge in [-0.25, -0.2) is 0 Å². The lowest BCUT2D eigenvalue weighted by molar-refractivity contribution is -0.135. The Balaban J connectivity index is 1.35. The molecule has 3 aromatic rings. The number of carbonyl (C=O) groups is 1. The number of aryl methyl sites for hydroxylation is 2. The first-order chi connectivity index (χ1) is 17.1. The molecule has 2 aromatic carbocycles. The molecule has 184 valence electrons. The maximum Gasteiger partial charge on any atom is 0.230 e. The first kappa shape index (κ1) is 23.7. The minimum absolute atomic E-state index is 0.00592. The molecule has 1 aliphatic heterocycles. The molecular formula is C30H38N4O. The first-order valence-electron chi connectivity index (χ1n) is 13.4. The lowest BCUT2D eigenvalue weighted by Gasteiger charge is -2.32. The number of benzene rings is 2. The Bertz CT molecular complexity index is 1190. The van der Waals surface area contributed by atoms with Gasteiger partial charge in [0, 0.05) is 35.9 Å². The normalized spacial score (nSPS) is 19.5. The first-order valence-corrected chi connectivity index (χ1v) is 13.4. The summed E-state index contributed by atoms with van der Waals surface area (Å²) in [5.41, 5.74) is 10.1. The molecule has 5 nitrogen and oxygen atoms in total. The summed E-state index contributed by atoms with van der Waals surface area (Å²) >= 11 is 0. The SMILES string of the molecule is CCn1c(CCC2CCCN2C(=O)C(c2ccccc2)C2CCCC2)cc2ccc(C(=N)N)cc21. The van der Waals surface area contributed by atoms with Crippen LogP contribution in [0.2, 0.25) is 0 Å². The zero-order valence-electron chi connectivity index (χ0n) is 20.9. The fourth-order valence-corrected chi connectivity index (χ4v) is 6.55. The van der Waals surface area contributed by atoms with Crippen molar-refractivity contribution in [2.45, 2.75) is 76.8 Å². The van der Waals surface area contributed by atoms with Crippen LogP contribution in [0.4, 0.5) is 0 Å². The third-order valence-corrected chi connectivity index (χ3v) is 8.31. The van der Waals surface area contributed by atoms with E-state index in [0.717, 1.165) is 49.9 Å². The summed E-state index contributed by atoms with van der Waals surface area (Å²) in [4.78, 5) is 16.2. The Kier molecular flexibility index (Phi) is 6.94. The Labute approximate surface area is 208 Å². The van der Waals surface area contributed by atoms with Crippen LogP contribution >= 0.6 is 0 Å². The number of carbonyl (C=O) groups excluding carboxylic acids is 1. The number of hydrogen-bond acceptors (Lipinski definition) is 2. The maximum atomic E-state index is 14.0. The second-order valence-corrected chi connectivity index (χ2v) is 10.4. The van der Waals surface area contributed by atoms with E-state index in [0.29, 0.717) is 17.9 Å². The molecule has 2 atom stereocenters. The number of nitrogens with zero attached hydrogens (tertiary/aromatic N) is 2. The lowest BCUT2D eigenvalue weighted by atomic mass is 9.83. The van der Waals surface area contributed by atoms with Crippen molar-refractivity contribution in [1.29, 1.82) is 5.41 Å². The number of rotatable bonds is 8. The third kappa shape index (κ3) is 4.73. The van der Waals surface area contributed by atoms with Crippen molar-refractivity contribution >= 4 is 22.6 Å². The molecule has 2 heterocycles. The second-order valence-electron chi connectivity index (χ2n) is 10.4. The van der Waals surface area contributed by atoms with E-state index in [1.807, 2.05) is 18.2 Å². The van der Waals surface area contributed by atoms with Crippen molar-refractivity contribution in [2.24, 2.45) is 11.7 Å². The molecule has 1 aliphatic carbocycles. The van der Waals surface area contributed by atoms with Gasteiger partial charge in [0.05, 0.1) is 5.92 Å². The van der Waals surface area contributed by atoms with E-state index >= 15 is 0 Å². The number of nitrogen functional groups attached to an aromatic ring is 1.